The van der Waals surface area contributed by atoms with Gasteiger partial charge in [0.15, 0.2) is 5.13 Å². The predicted octanol–water partition coefficient (Wildman–Crippen LogP) is 1.08. The quantitative estimate of drug-likeness (QED) is 0.872. The van der Waals surface area contributed by atoms with E-state index in [-0.39, 0.29) is 4.90 Å². The van der Waals surface area contributed by atoms with Crippen molar-refractivity contribution in [2.45, 2.75) is 11.8 Å². The van der Waals surface area contributed by atoms with Gasteiger partial charge in [-0.05, 0) is 6.92 Å². The molecule has 7 nitrogen and oxygen atoms in total. The van der Waals surface area contributed by atoms with Crippen LogP contribution in [-0.2, 0) is 10.0 Å². The van der Waals surface area contributed by atoms with E-state index in [0.717, 1.165) is 5.69 Å². The van der Waals surface area contributed by atoms with E-state index in [0.29, 0.717) is 11.1 Å². The van der Waals surface area contributed by atoms with Gasteiger partial charge in [-0.25, -0.2) is 23.4 Å². The fraction of sp³-hybridized carbons (Fsp3) is 0.222. The Bertz CT molecular complexity index is 635. The standard InChI is InChI=1S/C9H11N5O2S2/c1-6-5-17-9(13-6)14-18(15,16)7-3-11-8(10-2)12-4-7/h3-5H,1-2H3,(H,13,14)(H,10,11,12). The van der Waals surface area contributed by atoms with Gasteiger partial charge >= 0.3 is 0 Å². The summed E-state index contributed by atoms with van der Waals surface area (Å²) in [6, 6.07) is 0. The number of hydrogen-bond acceptors (Lipinski definition) is 7. The molecule has 0 atom stereocenters. The Morgan fingerprint density at radius 2 is 1.94 bits per heavy atom. The molecule has 2 aromatic heterocycles. The second kappa shape index (κ2) is 4.86. The van der Waals surface area contributed by atoms with Gasteiger partial charge in [0.1, 0.15) is 4.90 Å². The van der Waals surface area contributed by atoms with E-state index in [1.54, 1.807) is 19.4 Å². The van der Waals surface area contributed by atoms with Crippen molar-refractivity contribution in [3.63, 3.8) is 0 Å². The molecular weight excluding hydrogens is 274 g/mol. The molecule has 0 fully saturated rings. The largest absolute Gasteiger partial charge is 0.357 e. The Kier molecular flexibility index (Phi) is 3.43. The molecule has 0 aliphatic rings. The summed E-state index contributed by atoms with van der Waals surface area (Å²) in [6.45, 7) is 1.79. The first kappa shape index (κ1) is 12.7. The first-order valence-corrected chi connectivity index (χ1v) is 7.32. The van der Waals surface area contributed by atoms with Gasteiger partial charge in [0.2, 0.25) is 5.95 Å². The van der Waals surface area contributed by atoms with E-state index in [2.05, 4.69) is 25.0 Å². The Morgan fingerprint density at radius 3 is 2.44 bits per heavy atom. The summed E-state index contributed by atoms with van der Waals surface area (Å²) < 4.78 is 26.3. The van der Waals surface area contributed by atoms with E-state index in [1.807, 2.05) is 0 Å². The van der Waals surface area contributed by atoms with Crippen LogP contribution in [0.25, 0.3) is 0 Å². The molecule has 0 saturated carbocycles. The zero-order valence-corrected chi connectivity index (χ0v) is 11.3. The summed E-state index contributed by atoms with van der Waals surface area (Å²) in [5.74, 6) is 0.360. The molecule has 0 aliphatic heterocycles. The van der Waals surface area contributed by atoms with Gasteiger partial charge in [-0.2, -0.15) is 0 Å². The number of nitrogens with one attached hydrogen (secondary N) is 2. The number of aromatic nitrogens is 3. The lowest BCUT2D eigenvalue weighted by Crippen LogP contribution is -2.13. The van der Waals surface area contributed by atoms with Crippen molar-refractivity contribution in [1.29, 1.82) is 0 Å². The van der Waals surface area contributed by atoms with Crippen molar-refractivity contribution >= 4 is 32.4 Å². The van der Waals surface area contributed by atoms with Crippen LogP contribution in [-0.4, -0.2) is 30.4 Å². The summed E-state index contributed by atoms with van der Waals surface area (Å²) in [6.07, 6.45) is 2.48. The van der Waals surface area contributed by atoms with Crippen molar-refractivity contribution in [3.05, 3.63) is 23.5 Å². The molecule has 0 aliphatic carbocycles. The van der Waals surface area contributed by atoms with Gasteiger partial charge in [-0.1, -0.05) is 0 Å². The molecule has 0 bridgehead atoms. The fourth-order valence-corrected chi connectivity index (χ4v) is 2.99. The van der Waals surface area contributed by atoms with Gasteiger partial charge in [-0.3, -0.25) is 4.72 Å². The summed E-state index contributed by atoms with van der Waals surface area (Å²) in [5.41, 5.74) is 0.763. The van der Waals surface area contributed by atoms with Crippen molar-refractivity contribution in [2.75, 3.05) is 17.1 Å². The number of nitrogens with zero attached hydrogens (tertiary/aromatic N) is 3. The number of rotatable bonds is 4. The highest BCUT2D eigenvalue weighted by Gasteiger charge is 2.16. The molecule has 0 radical (unpaired) electrons. The second-order valence-corrected chi connectivity index (χ2v) is 5.93. The minimum atomic E-state index is -3.68. The Balaban J connectivity index is 2.24. The zero-order valence-electron chi connectivity index (χ0n) is 9.71. The Hall–Kier alpha value is -1.74. The van der Waals surface area contributed by atoms with Crippen LogP contribution < -0.4 is 10.0 Å². The molecule has 9 heteroatoms. The topological polar surface area (TPSA) is 96.9 Å². The van der Waals surface area contributed by atoms with Gasteiger partial charge in [0, 0.05) is 12.4 Å². The van der Waals surface area contributed by atoms with Crippen LogP contribution >= 0.6 is 11.3 Å². The average Bonchev–Trinajstić information content (AvgIpc) is 2.74. The molecule has 2 heterocycles. The maximum absolute atomic E-state index is 12.0. The fourth-order valence-electron chi connectivity index (χ4n) is 1.16. The van der Waals surface area contributed by atoms with Crippen molar-refractivity contribution in [3.8, 4) is 0 Å². The van der Waals surface area contributed by atoms with Gasteiger partial charge < -0.3 is 5.32 Å². The zero-order chi connectivity index (χ0) is 13.2. The van der Waals surface area contributed by atoms with Crippen LogP contribution in [0.3, 0.4) is 0 Å². The SMILES string of the molecule is CNc1ncc(S(=O)(=O)Nc2nc(C)cs2)cn1. The molecule has 0 unspecified atom stereocenters. The summed E-state index contributed by atoms with van der Waals surface area (Å²) in [5, 5.41) is 4.80. The smallest absolute Gasteiger partial charge is 0.266 e. The van der Waals surface area contributed by atoms with E-state index >= 15 is 0 Å². The van der Waals surface area contributed by atoms with Gasteiger partial charge in [0.05, 0.1) is 18.1 Å². The van der Waals surface area contributed by atoms with Gasteiger partial charge in [0.25, 0.3) is 10.0 Å². The number of hydrogen-bond donors (Lipinski definition) is 2. The number of thiazole rings is 1. The highest BCUT2D eigenvalue weighted by Crippen LogP contribution is 2.19. The third-order valence-electron chi connectivity index (χ3n) is 2.00. The molecule has 0 saturated heterocycles. The minimum Gasteiger partial charge on any atom is -0.357 e. The monoisotopic (exact) mass is 285 g/mol. The van der Waals surface area contributed by atoms with Crippen LogP contribution in [0.4, 0.5) is 11.1 Å². The minimum absolute atomic E-state index is 0.00523. The van der Waals surface area contributed by atoms with E-state index in [4.69, 9.17) is 0 Å². The lowest BCUT2D eigenvalue weighted by Gasteiger charge is -2.04. The average molecular weight is 285 g/mol. The molecule has 0 aromatic carbocycles. The summed E-state index contributed by atoms with van der Waals surface area (Å²) in [7, 11) is -2.03. The van der Waals surface area contributed by atoms with Crippen LogP contribution in [0.2, 0.25) is 0 Å². The van der Waals surface area contributed by atoms with Gasteiger partial charge in [-0.15, -0.1) is 11.3 Å². The van der Waals surface area contributed by atoms with Crippen LogP contribution in [0.1, 0.15) is 5.69 Å². The Labute approximate surface area is 108 Å². The molecule has 18 heavy (non-hydrogen) atoms. The number of anilines is 2. The van der Waals surface area contributed by atoms with Crippen LogP contribution in [0.5, 0.6) is 0 Å². The van der Waals surface area contributed by atoms with E-state index < -0.39 is 10.0 Å². The number of sulfonamides is 1. The normalized spacial score (nSPS) is 11.2. The van der Waals surface area contributed by atoms with Crippen LogP contribution in [0, 0.1) is 6.92 Å². The van der Waals surface area contributed by atoms with Crippen molar-refractivity contribution in [1.82, 2.24) is 15.0 Å². The van der Waals surface area contributed by atoms with E-state index in [1.165, 1.54) is 23.7 Å². The maximum atomic E-state index is 12.0. The lowest BCUT2D eigenvalue weighted by atomic mass is 10.6. The molecule has 0 spiro atoms. The lowest BCUT2D eigenvalue weighted by molar-refractivity contribution is 0.600. The molecule has 2 aromatic rings. The third kappa shape index (κ3) is 2.74. The maximum Gasteiger partial charge on any atom is 0.266 e. The summed E-state index contributed by atoms with van der Waals surface area (Å²) in [4.78, 5) is 11.7. The molecular formula is C9H11N5O2S2. The van der Waals surface area contributed by atoms with E-state index in [9.17, 15) is 8.42 Å². The molecule has 0 amide bonds. The first-order chi connectivity index (χ1) is 8.51. The predicted molar refractivity (Wildman–Crippen MR) is 69.2 cm³/mol. The number of aryl methyl sites for hydroxylation is 1. The molecule has 2 N–H and O–H groups in total. The Morgan fingerprint density at radius 1 is 1.28 bits per heavy atom. The van der Waals surface area contributed by atoms with Crippen molar-refractivity contribution in [2.24, 2.45) is 0 Å². The van der Waals surface area contributed by atoms with Crippen LogP contribution in [0.15, 0.2) is 22.7 Å². The third-order valence-corrected chi connectivity index (χ3v) is 4.30. The van der Waals surface area contributed by atoms with Crippen molar-refractivity contribution < 1.29 is 8.42 Å². The highest BCUT2D eigenvalue weighted by atomic mass is 32.2. The first-order valence-electron chi connectivity index (χ1n) is 4.96. The highest BCUT2D eigenvalue weighted by molar-refractivity contribution is 7.93. The second-order valence-electron chi connectivity index (χ2n) is 3.39. The molecule has 2 rings (SSSR count). The molecule has 96 valence electrons. The summed E-state index contributed by atoms with van der Waals surface area (Å²) >= 11 is 1.22.